The van der Waals surface area contributed by atoms with Crippen molar-refractivity contribution < 1.29 is 39.5 Å². The summed E-state index contributed by atoms with van der Waals surface area (Å²) >= 11 is 0. The van der Waals surface area contributed by atoms with Crippen LogP contribution in [0, 0.1) is 0 Å². The van der Waals surface area contributed by atoms with Crippen molar-refractivity contribution in [1.82, 2.24) is 5.32 Å². The fourth-order valence-electron chi connectivity index (χ4n) is 2.43. The number of aliphatic hydroxyl groups is 3. The van der Waals surface area contributed by atoms with E-state index in [1.807, 2.05) is 0 Å². The molecule has 0 aromatic heterocycles. The minimum absolute atomic E-state index is 0.0911. The van der Waals surface area contributed by atoms with Gasteiger partial charge in [0.1, 0.15) is 18.3 Å². The lowest BCUT2D eigenvalue weighted by Gasteiger charge is -2.38. The number of Topliss-reactive ketones (excluding diaryl/α,β-unsaturated/α-hetero) is 1. The first-order valence-electron chi connectivity index (χ1n) is 7.61. The van der Waals surface area contributed by atoms with Gasteiger partial charge in [-0.15, -0.1) is 0 Å². The Balaban J connectivity index is 1.90. The van der Waals surface area contributed by atoms with Crippen molar-refractivity contribution in [3.8, 4) is 0 Å². The average Bonchev–Trinajstić information content (AvgIpc) is 2.60. The van der Waals surface area contributed by atoms with E-state index in [0.717, 1.165) is 0 Å². The first-order chi connectivity index (χ1) is 11.8. The minimum atomic E-state index is -1.83. The van der Waals surface area contributed by atoms with E-state index in [1.54, 1.807) is 30.3 Å². The van der Waals surface area contributed by atoms with E-state index in [4.69, 9.17) is 9.84 Å². The zero-order valence-electron chi connectivity index (χ0n) is 13.1. The van der Waals surface area contributed by atoms with Crippen LogP contribution in [0.2, 0.25) is 0 Å². The fourth-order valence-corrected chi connectivity index (χ4v) is 2.43. The maximum absolute atomic E-state index is 11.9. The Hall–Kier alpha value is -2.33. The van der Waals surface area contributed by atoms with E-state index in [0.29, 0.717) is 5.56 Å². The Labute approximate surface area is 142 Å². The molecule has 1 aliphatic rings. The smallest absolute Gasteiger partial charge is 0.335 e. The summed E-state index contributed by atoms with van der Waals surface area (Å²) in [5, 5.41) is 40.2. The molecule has 9 nitrogen and oxygen atoms in total. The van der Waals surface area contributed by atoms with E-state index in [-0.39, 0.29) is 18.6 Å². The molecule has 25 heavy (non-hydrogen) atoms. The molecule has 1 saturated heterocycles. The monoisotopic (exact) mass is 353 g/mol. The third kappa shape index (κ3) is 4.60. The standard InChI is InChI=1S/C16H19NO8/c18-9(8-4-2-1-3-5-8)6-7-10(19)17-15-13(22)11(20)12(21)14(25-15)16(23)24/h1-5,11-15,20-22H,6-7H2,(H,17,19)(H,23,24)/t11-,12-,13+,14-,15+/m0/s1. The summed E-state index contributed by atoms with van der Waals surface area (Å²) in [6, 6.07) is 8.37. The van der Waals surface area contributed by atoms with Crippen LogP contribution in [0.3, 0.4) is 0 Å². The van der Waals surface area contributed by atoms with Crippen LogP contribution >= 0.6 is 0 Å². The Kier molecular flexibility index (Phi) is 6.21. The van der Waals surface area contributed by atoms with Crippen molar-refractivity contribution in [2.75, 3.05) is 0 Å². The van der Waals surface area contributed by atoms with Gasteiger partial charge in [0.05, 0.1) is 0 Å². The van der Waals surface area contributed by atoms with Gasteiger partial charge in [-0.2, -0.15) is 0 Å². The molecule has 0 saturated carbocycles. The molecule has 9 heteroatoms. The zero-order chi connectivity index (χ0) is 18.6. The highest BCUT2D eigenvalue weighted by Crippen LogP contribution is 2.20. The minimum Gasteiger partial charge on any atom is -0.479 e. The number of rotatable bonds is 6. The Bertz CT molecular complexity index is 634. The summed E-state index contributed by atoms with van der Waals surface area (Å²) in [7, 11) is 0. The zero-order valence-corrected chi connectivity index (χ0v) is 13.1. The number of nitrogens with one attached hydrogen (secondary N) is 1. The van der Waals surface area contributed by atoms with Gasteiger partial charge in [0, 0.05) is 18.4 Å². The number of carboxylic acids is 1. The molecular weight excluding hydrogens is 334 g/mol. The molecule has 0 bridgehead atoms. The van der Waals surface area contributed by atoms with Crippen LogP contribution in [0.4, 0.5) is 0 Å². The van der Waals surface area contributed by atoms with E-state index >= 15 is 0 Å². The number of ether oxygens (including phenoxy) is 1. The van der Waals surface area contributed by atoms with Gasteiger partial charge in [-0.1, -0.05) is 30.3 Å². The number of hydrogen-bond acceptors (Lipinski definition) is 7. The molecule has 0 radical (unpaired) electrons. The van der Waals surface area contributed by atoms with E-state index < -0.39 is 42.5 Å². The Morgan fingerprint density at radius 1 is 0.960 bits per heavy atom. The van der Waals surface area contributed by atoms with E-state index in [9.17, 15) is 29.7 Å². The maximum atomic E-state index is 11.9. The number of amides is 1. The molecule has 0 aliphatic carbocycles. The van der Waals surface area contributed by atoms with Crippen molar-refractivity contribution in [3.05, 3.63) is 35.9 Å². The predicted octanol–water partition coefficient (Wildman–Crippen LogP) is -1.34. The van der Waals surface area contributed by atoms with Crippen molar-refractivity contribution >= 4 is 17.7 Å². The van der Waals surface area contributed by atoms with Gasteiger partial charge in [0.25, 0.3) is 0 Å². The summed E-state index contributed by atoms with van der Waals surface area (Å²) in [5.74, 6) is -2.46. The average molecular weight is 353 g/mol. The summed E-state index contributed by atoms with van der Waals surface area (Å²) < 4.78 is 4.93. The topological polar surface area (TPSA) is 153 Å². The summed E-state index contributed by atoms with van der Waals surface area (Å²) in [4.78, 5) is 34.8. The highest BCUT2D eigenvalue weighted by Gasteiger charge is 2.47. The summed E-state index contributed by atoms with van der Waals surface area (Å²) in [6.45, 7) is 0. The quantitative estimate of drug-likeness (QED) is 0.394. The van der Waals surface area contributed by atoms with Gasteiger partial charge in [0.15, 0.2) is 18.1 Å². The maximum Gasteiger partial charge on any atom is 0.335 e. The summed E-state index contributed by atoms with van der Waals surface area (Å²) in [6.07, 6.45) is -8.96. The van der Waals surface area contributed by atoms with Crippen LogP contribution < -0.4 is 5.32 Å². The predicted molar refractivity (Wildman–Crippen MR) is 82.5 cm³/mol. The molecule has 1 amide bonds. The molecule has 1 fully saturated rings. The Morgan fingerprint density at radius 3 is 2.20 bits per heavy atom. The molecule has 2 rings (SSSR count). The van der Waals surface area contributed by atoms with Crippen molar-refractivity contribution in [3.63, 3.8) is 0 Å². The molecule has 1 heterocycles. The first-order valence-corrected chi connectivity index (χ1v) is 7.61. The molecule has 5 N–H and O–H groups in total. The number of carboxylic acid groups (broad SMARTS) is 1. The van der Waals surface area contributed by atoms with Gasteiger partial charge >= 0.3 is 5.97 Å². The first kappa shape index (κ1) is 19.0. The van der Waals surface area contributed by atoms with E-state index in [2.05, 4.69) is 5.32 Å². The number of hydrogen-bond donors (Lipinski definition) is 5. The lowest BCUT2D eigenvalue weighted by atomic mass is 9.98. The molecule has 1 aromatic carbocycles. The van der Waals surface area contributed by atoms with Crippen LogP contribution in [0.5, 0.6) is 0 Å². The van der Waals surface area contributed by atoms with Gasteiger partial charge in [0.2, 0.25) is 5.91 Å². The number of aliphatic hydroxyl groups excluding tert-OH is 3. The third-order valence-electron chi connectivity index (χ3n) is 3.83. The molecule has 1 aromatic rings. The highest BCUT2D eigenvalue weighted by molar-refractivity contribution is 5.97. The largest absolute Gasteiger partial charge is 0.479 e. The molecule has 136 valence electrons. The van der Waals surface area contributed by atoms with Crippen LogP contribution in [0.15, 0.2) is 30.3 Å². The van der Waals surface area contributed by atoms with Crippen molar-refractivity contribution in [1.29, 1.82) is 0 Å². The number of benzene rings is 1. The fraction of sp³-hybridized carbons (Fsp3) is 0.438. The second-order valence-electron chi connectivity index (χ2n) is 5.64. The van der Waals surface area contributed by atoms with Crippen LogP contribution in [-0.2, 0) is 14.3 Å². The Morgan fingerprint density at radius 2 is 1.60 bits per heavy atom. The normalized spacial score (nSPS) is 29.0. The summed E-state index contributed by atoms with van der Waals surface area (Å²) in [5.41, 5.74) is 0.453. The lowest BCUT2D eigenvalue weighted by Crippen LogP contribution is -2.64. The number of ketones is 1. The molecule has 0 spiro atoms. The second-order valence-corrected chi connectivity index (χ2v) is 5.64. The molecule has 5 atom stereocenters. The van der Waals surface area contributed by atoms with Crippen molar-refractivity contribution in [2.24, 2.45) is 0 Å². The SMILES string of the molecule is O=C(CCC(=O)c1ccccc1)N[C@@H]1O[C@H](C(=O)O)[C@@H](O)[C@H](O)[C@H]1O. The molecule has 0 unspecified atom stereocenters. The van der Waals surface area contributed by atoms with Gasteiger partial charge < -0.3 is 30.5 Å². The van der Waals surface area contributed by atoms with Gasteiger partial charge in [-0.05, 0) is 0 Å². The van der Waals surface area contributed by atoms with Crippen LogP contribution in [0.1, 0.15) is 23.2 Å². The van der Waals surface area contributed by atoms with Crippen molar-refractivity contribution in [2.45, 2.75) is 43.5 Å². The number of carbonyl (C=O) groups is 3. The lowest BCUT2D eigenvalue weighted by molar-refractivity contribution is -0.233. The number of aliphatic carboxylic acids is 1. The number of carbonyl (C=O) groups excluding carboxylic acids is 2. The third-order valence-corrected chi connectivity index (χ3v) is 3.83. The van der Waals surface area contributed by atoms with Gasteiger partial charge in [-0.3, -0.25) is 9.59 Å². The van der Waals surface area contributed by atoms with Gasteiger partial charge in [-0.25, -0.2) is 4.79 Å². The molecule has 1 aliphatic heterocycles. The molecular formula is C16H19NO8. The highest BCUT2D eigenvalue weighted by atomic mass is 16.6. The second kappa shape index (κ2) is 8.17. The van der Waals surface area contributed by atoms with E-state index in [1.165, 1.54) is 0 Å². The van der Waals surface area contributed by atoms with Crippen LogP contribution in [0.25, 0.3) is 0 Å². The van der Waals surface area contributed by atoms with Crippen LogP contribution in [-0.4, -0.2) is 68.7 Å².